The van der Waals surface area contributed by atoms with Gasteiger partial charge in [-0.15, -0.1) is 0 Å². The van der Waals surface area contributed by atoms with Gasteiger partial charge >= 0.3 is 0 Å². The number of nitrogens with zero attached hydrogens (tertiary/aromatic N) is 2. The van der Waals surface area contributed by atoms with E-state index in [9.17, 15) is 14.9 Å². The van der Waals surface area contributed by atoms with E-state index in [0.717, 1.165) is 11.1 Å². The van der Waals surface area contributed by atoms with E-state index >= 15 is 0 Å². The summed E-state index contributed by atoms with van der Waals surface area (Å²) in [5, 5.41) is 13.3. The van der Waals surface area contributed by atoms with E-state index in [2.05, 4.69) is 10.3 Å². The van der Waals surface area contributed by atoms with Crippen molar-refractivity contribution in [3.05, 3.63) is 63.8 Å². The van der Waals surface area contributed by atoms with E-state index in [1.54, 1.807) is 42.6 Å². The van der Waals surface area contributed by atoms with Crippen LogP contribution < -0.4 is 5.32 Å². The Kier molecular flexibility index (Phi) is 4.40. The van der Waals surface area contributed by atoms with Gasteiger partial charge in [0.2, 0.25) is 5.91 Å². The molecule has 0 unspecified atom stereocenters. The molecule has 0 atom stereocenters. The average Bonchev–Trinajstić information content (AvgIpc) is 2.46. The molecule has 2 aromatic rings. The predicted octanol–water partition coefficient (Wildman–Crippen LogP) is 3.12. The number of hydrogen-bond acceptors (Lipinski definition) is 4. The van der Waals surface area contributed by atoms with E-state index in [1.165, 1.54) is 19.1 Å². The van der Waals surface area contributed by atoms with Gasteiger partial charge in [0.25, 0.3) is 5.69 Å². The summed E-state index contributed by atoms with van der Waals surface area (Å²) in [4.78, 5) is 25.2. The van der Waals surface area contributed by atoms with Gasteiger partial charge in [-0.1, -0.05) is 24.3 Å². The van der Waals surface area contributed by atoms with E-state index in [0.29, 0.717) is 5.82 Å². The number of carbonyl (C=O) groups is 1. The lowest BCUT2D eigenvalue weighted by Crippen LogP contribution is -2.06. The zero-order valence-electron chi connectivity index (χ0n) is 11.3. The van der Waals surface area contributed by atoms with Crippen LogP contribution in [0.5, 0.6) is 0 Å². The van der Waals surface area contributed by atoms with E-state index in [1.807, 2.05) is 0 Å². The smallest absolute Gasteiger partial charge is 0.270 e. The molecular formula is C15H13N3O3. The van der Waals surface area contributed by atoms with Crippen LogP contribution in [0, 0.1) is 10.1 Å². The summed E-state index contributed by atoms with van der Waals surface area (Å²) in [7, 11) is 0. The minimum atomic E-state index is -0.429. The molecule has 21 heavy (non-hydrogen) atoms. The van der Waals surface area contributed by atoms with Crippen molar-refractivity contribution in [1.82, 2.24) is 4.98 Å². The maximum absolute atomic E-state index is 10.9. The number of nitrogens with one attached hydrogen (secondary N) is 1. The summed E-state index contributed by atoms with van der Waals surface area (Å²) in [6.07, 6.45) is 5.17. The molecule has 0 bridgehead atoms. The average molecular weight is 283 g/mol. The summed E-state index contributed by atoms with van der Waals surface area (Å²) in [6, 6.07) is 9.84. The Bertz CT molecular complexity index is 694. The van der Waals surface area contributed by atoms with Crippen LogP contribution in [0.4, 0.5) is 11.5 Å². The zero-order chi connectivity index (χ0) is 15.2. The van der Waals surface area contributed by atoms with Gasteiger partial charge in [0.15, 0.2) is 0 Å². The van der Waals surface area contributed by atoms with Crippen molar-refractivity contribution in [2.24, 2.45) is 0 Å². The monoisotopic (exact) mass is 283 g/mol. The van der Waals surface area contributed by atoms with Crippen molar-refractivity contribution < 1.29 is 9.72 Å². The van der Waals surface area contributed by atoms with Crippen LogP contribution >= 0.6 is 0 Å². The molecule has 0 aliphatic carbocycles. The summed E-state index contributed by atoms with van der Waals surface area (Å²) in [5.41, 5.74) is 1.61. The lowest BCUT2D eigenvalue weighted by atomic mass is 10.1. The Balaban J connectivity index is 2.12. The molecule has 106 valence electrons. The van der Waals surface area contributed by atoms with Gasteiger partial charge in [-0.05, 0) is 23.3 Å². The number of non-ortho nitro benzene ring substituents is 1. The number of amides is 1. The Morgan fingerprint density at radius 1 is 1.24 bits per heavy atom. The third-order valence-electron chi connectivity index (χ3n) is 2.64. The van der Waals surface area contributed by atoms with Crippen molar-refractivity contribution in [1.29, 1.82) is 0 Å². The highest BCUT2D eigenvalue weighted by Gasteiger charge is 2.03. The predicted molar refractivity (Wildman–Crippen MR) is 80.6 cm³/mol. The molecule has 1 amide bonds. The zero-order valence-corrected chi connectivity index (χ0v) is 11.3. The molecule has 2 rings (SSSR count). The summed E-state index contributed by atoms with van der Waals surface area (Å²) >= 11 is 0. The maximum Gasteiger partial charge on any atom is 0.270 e. The summed E-state index contributed by atoms with van der Waals surface area (Å²) in [5.74, 6) is 0.303. The second kappa shape index (κ2) is 6.42. The van der Waals surface area contributed by atoms with Crippen LogP contribution in [0.3, 0.4) is 0 Å². The van der Waals surface area contributed by atoms with Crippen LogP contribution in [0.25, 0.3) is 12.2 Å². The molecule has 1 heterocycles. The van der Waals surface area contributed by atoms with Crippen molar-refractivity contribution in [2.45, 2.75) is 6.92 Å². The molecule has 0 aliphatic heterocycles. The van der Waals surface area contributed by atoms with Crippen molar-refractivity contribution in [3.63, 3.8) is 0 Å². The third kappa shape index (κ3) is 4.24. The Morgan fingerprint density at radius 3 is 2.62 bits per heavy atom. The lowest BCUT2D eigenvalue weighted by molar-refractivity contribution is -0.384. The number of hydrogen-bond donors (Lipinski definition) is 1. The Morgan fingerprint density at radius 2 is 2.00 bits per heavy atom. The fourth-order valence-corrected chi connectivity index (χ4v) is 1.69. The van der Waals surface area contributed by atoms with E-state index in [4.69, 9.17) is 0 Å². The number of anilines is 1. The first-order chi connectivity index (χ1) is 10.0. The molecule has 1 aromatic heterocycles. The molecule has 0 radical (unpaired) electrons. The topological polar surface area (TPSA) is 85.1 Å². The first kappa shape index (κ1) is 14.4. The molecule has 6 heteroatoms. The minimum absolute atomic E-state index is 0.0521. The molecule has 6 nitrogen and oxygen atoms in total. The van der Waals surface area contributed by atoms with Crippen molar-refractivity contribution in [3.8, 4) is 0 Å². The van der Waals surface area contributed by atoms with Crippen molar-refractivity contribution in [2.75, 3.05) is 5.32 Å². The molecular weight excluding hydrogens is 270 g/mol. The molecule has 1 N–H and O–H groups in total. The number of pyridine rings is 1. The largest absolute Gasteiger partial charge is 0.311 e. The fourth-order valence-electron chi connectivity index (χ4n) is 1.69. The quantitative estimate of drug-likeness (QED) is 0.690. The highest BCUT2D eigenvalue weighted by Crippen LogP contribution is 2.15. The molecule has 0 saturated heterocycles. The highest BCUT2D eigenvalue weighted by atomic mass is 16.6. The fraction of sp³-hybridized carbons (Fsp3) is 0.0667. The number of nitro benzene ring substituents is 1. The first-order valence-corrected chi connectivity index (χ1v) is 6.21. The van der Waals surface area contributed by atoms with Gasteiger partial charge in [-0.25, -0.2) is 4.98 Å². The Hall–Kier alpha value is -3.02. The van der Waals surface area contributed by atoms with Gasteiger partial charge < -0.3 is 5.32 Å². The number of rotatable bonds is 4. The standard InChI is InChI=1S/C15H13N3O3/c1-11(19)17-15-8-7-13(10-16-15)6-5-12-3-2-4-14(9-12)18(20)21/h2-10H,1H3,(H,16,17,19). The van der Waals surface area contributed by atoms with Gasteiger partial charge in [-0.3, -0.25) is 14.9 Å². The summed E-state index contributed by atoms with van der Waals surface area (Å²) < 4.78 is 0. The summed E-state index contributed by atoms with van der Waals surface area (Å²) in [6.45, 7) is 1.41. The van der Waals surface area contributed by atoms with Gasteiger partial charge in [0.05, 0.1) is 4.92 Å². The van der Waals surface area contributed by atoms with Crippen molar-refractivity contribution >= 4 is 29.6 Å². The normalized spacial score (nSPS) is 10.5. The highest BCUT2D eigenvalue weighted by molar-refractivity contribution is 5.87. The molecule has 0 saturated carbocycles. The van der Waals surface area contributed by atoms with Gasteiger partial charge in [-0.2, -0.15) is 0 Å². The molecule has 1 aromatic carbocycles. The number of nitro groups is 1. The van der Waals surface area contributed by atoms with Crippen LogP contribution in [0.15, 0.2) is 42.6 Å². The lowest BCUT2D eigenvalue weighted by Gasteiger charge is -2.00. The van der Waals surface area contributed by atoms with Gasteiger partial charge in [0, 0.05) is 25.3 Å². The molecule has 0 fully saturated rings. The van der Waals surface area contributed by atoms with E-state index in [-0.39, 0.29) is 11.6 Å². The number of aromatic nitrogens is 1. The van der Waals surface area contributed by atoms with Crippen LogP contribution in [0.2, 0.25) is 0 Å². The second-order valence-electron chi connectivity index (χ2n) is 4.34. The Labute approximate surface area is 121 Å². The van der Waals surface area contributed by atoms with Crippen LogP contribution in [0.1, 0.15) is 18.1 Å². The SMILES string of the molecule is CC(=O)Nc1ccc(C=Cc2cccc([N+](=O)[O-])c2)cn1. The second-order valence-corrected chi connectivity index (χ2v) is 4.34. The van der Waals surface area contributed by atoms with Crippen LogP contribution in [-0.4, -0.2) is 15.8 Å². The molecule has 0 aliphatic rings. The van der Waals surface area contributed by atoms with Crippen LogP contribution in [-0.2, 0) is 4.79 Å². The number of carbonyl (C=O) groups excluding carboxylic acids is 1. The first-order valence-electron chi connectivity index (χ1n) is 6.21. The molecule has 0 spiro atoms. The van der Waals surface area contributed by atoms with E-state index < -0.39 is 4.92 Å². The third-order valence-corrected chi connectivity index (χ3v) is 2.64. The van der Waals surface area contributed by atoms with Gasteiger partial charge in [0.1, 0.15) is 5.82 Å². The minimum Gasteiger partial charge on any atom is -0.311 e. The number of benzene rings is 1. The maximum atomic E-state index is 10.9.